The highest BCUT2D eigenvalue weighted by Crippen LogP contribution is 2.37. The van der Waals surface area contributed by atoms with E-state index >= 15 is 0 Å². The normalized spacial score (nSPS) is 11.9. The summed E-state index contributed by atoms with van der Waals surface area (Å²) in [5.74, 6) is -1.29. The molecule has 0 aromatic heterocycles. The van der Waals surface area contributed by atoms with Gasteiger partial charge in [-0.15, -0.1) is 0 Å². The molecule has 0 unspecified atom stereocenters. The molecule has 0 fully saturated rings. The van der Waals surface area contributed by atoms with E-state index in [9.17, 15) is 30.7 Å². The first-order valence-electron chi connectivity index (χ1n) is 14.5. The zero-order chi connectivity index (χ0) is 36.2. The van der Waals surface area contributed by atoms with Gasteiger partial charge in [-0.2, -0.15) is 4.31 Å². The van der Waals surface area contributed by atoms with Gasteiger partial charge in [0, 0.05) is 29.7 Å². The summed E-state index contributed by atoms with van der Waals surface area (Å²) in [6.07, 6.45) is 0. The van der Waals surface area contributed by atoms with Gasteiger partial charge in [0.15, 0.2) is 5.75 Å². The van der Waals surface area contributed by atoms with Crippen molar-refractivity contribution >= 4 is 54.8 Å². The van der Waals surface area contributed by atoms with Gasteiger partial charge < -0.3 is 14.6 Å². The van der Waals surface area contributed by atoms with Gasteiger partial charge in [0.2, 0.25) is 20.0 Å². The van der Waals surface area contributed by atoms with Crippen LogP contribution >= 0.6 is 34.8 Å². The maximum Gasteiger partial charge on any atom is 0.247 e. The average molecular weight is 784 g/mol. The summed E-state index contributed by atoms with van der Waals surface area (Å²) in [4.78, 5) is -0.776. The van der Waals surface area contributed by atoms with Gasteiger partial charge in [-0.25, -0.2) is 30.3 Å². The molecule has 0 atom stereocenters. The van der Waals surface area contributed by atoms with Crippen LogP contribution in [0.4, 0.5) is 8.78 Å². The number of aromatic hydroxyl groups is 1. The highest BCUT2D eigenvalue weighted by atomic mass is 35.5. The highest BCUT2D eigenvalue weighted by Gasteiger charge is 2.30. The maximum atomic E-state index is 14.1. The third kappa shape index (κ3) is 9.04. The highest BCUT2D eigenvalue weighted by molar-refractivity contribution is 7.89. The van der Waals surface area contributed by atoms with Crippen LogP contribution in [-0.2, 0) is 39.7 Å². The molecule has 2 N–H and O–H groups in total. The van der Waals surface area contributed by atoms with Gasteiger partial charge >= 0.3 is 0 Å². The zero-order valence-electron chi connectivity index (χ0n) is 25.9. The van der Waals surface area contributed by atoms with E-state index in [4.69, 9.17) is 44.3 Å². The largest absolute Gasteiger partial charge is 0.505 e. The molecule has 0 saturated heterocycles. The van der Waals surface area contributed by atoms with Crippen LogP contribution in [0.15, 0.2) is 107 Å². The molecule has 0 saturated carbocycles. The Morgan fingerprint density at radius 3 is 1.96 bits per heavy atom. The van der Waals surface area contributed by atoms with Crippen LogP contribution in [0.5, 0.6) is 23.0 Å². The van der Waals surface area contributed by atoms with E-state index in [0.29, 0.717) is 16.7 Å². The number of hydrogen-bond donors (Lipinski definition) is 2. The van der Waals surface area contributed by atoms with Crippen LogP contribution in [-0.4, -0.2) is 33.4 Å². The van der Waals surface area contributed by atoms with Gasteiger partial charge in [-0.05, 0) is 95.6 Å². The lowest BCUT2D eigenvalue weighted by Crippen LogP contribution is -2.30. The molecule has 262 valence electrons. The molecule has 0 aliphatic carbocycles. The Morgan fingerprint density at radius 2 is 1.30 bits per heavy atom. The summed E-state index contributed by atoms with van der Waals surface area (Å²) in [6.45, 7) is -0.932. The monoisotopic (exact) mass is 782 g/mol. The van der Waals surface area contributed by atoms with Crippen molar-refractivity contribution in [1.29, 1.82) is 0 Å². The van der Waals surface area contributed by atoms with Crippen LogP contribution in [0.2, 0.25) is 15.1 Å². The fourth-order valence-corrected chi connectivity index (χ4v) is 8.45. The fraction of sp³-hybridized carbons (Fsp3) is 0.118. The Morgan fingerprint density at radius 1 is 0.700 bits per heavy atom. The summed E-state index contributed by atoms with van der Waals surface area (Å²) in [5.41, 5.74) is 1.07. The first-order chi connectivity index (χ1) is 23.6. The molecule has 0 aliphatic rings. The molecule has 50 heavy (non-hydrogen) atoms. The quantitative estimate of drug-likeness (QED) is 0.123. The minimum absolute atomic E-state index is 0.0475. The van der Waals surface area contributed by atoms with Crippen LogP contribution in [0.1, 0.15) is 16.7 Å². The van der Waals surface area contributed by atoms with E-state index in [1.54, 1.807) is 6.07 Å². The van der Waals surface area contributed by atoms with Crippen molar-refractivity contribution < 1.29 is 40.2 Å². The van der Waals surface area contributed by atoms with Crippen LogP contribution in [0, 0.1) is 11.6 Å². The van der Waals surface area contributed by atoms with Crippen molar-refractivity contribution in [3.05, 3.63) is 140 Å². The van der Waals surface area contributed by atoms with Crippen LogP contribution < -0.4 is 14.2 Å². The lowest BCUT2D eigenvalue weighted by Gasteiger charge is -2.24. The number of methoxy groups -OCH3 is 1. The minimum Gasteiger partial charge on any atom is -0.505 e. The topological polar surface area (TPSA) is 122 Å². The Hall–Kier alpha value is -3.95. The number of benzene rings is 5. The third-order valence-electron chi connectivity index (χ3n) is 7.20. The van der Waals surface area contributed by atoms with Gasteiger partial charge in [-0.3, -0.25) is 0 Å². The smallest absolute Gasteiger partial charge is 0.247 e. The number of halogens is 5. The standard InChI is InChI=1S/C34H27Cl3F2N2O7S2/c1-47-31-11-4-24(35)16-32(31)49(43,44)40-18-22-12-23(14-29(13-22)48-28-9-7-27(39)8-10-28)20-41(19-21-2-5-26(38)6-3-21)50(45,46)33-17-25(36)15-30(37)34(33)42/h2-17,40,42H,18-20H2,1H3. The van der Waals surface area contributed by atoms with Crippen molar-refractivity contribution in [2.45, 2.75) is 29.4 Å². The maximum absolute atomic E-state index is 14.1. The van der Waals surface area contributed by atoms with Crippen LogP contribution in [0.25, 0.3) is 0 Å². The molecule has 0 amide bonds. The molecular formula is C34H27Cl3F2N2O7S2. The molecule has 16 heteroatoms. The number of phenolic OH excluding ortho intramolecular Hbond substituents is 1. The number of sulfonamides is 2. The second kappa shape index (κ2) is 15.5. The Labute approximate surface area is 302 Å². The molecular weight excluding hydrogens is 757 g/mol. The third-order valence-corrected chi connectivity index (χ3v) is 11.2. The van der Waals surface area contributed by atoms with Gasteiger partial charge in [0.25, 0.3) is 0 Å². The SMILES string of the molecule is COc1ccc(Cl)cc1S(=O)(=O)NCc1cc(CN(Cc2ccc(F)cc2)S(=O)(=O)c2cc(Cl)cc(Cl)c2O)cc(Oc2ccc(F)cc2)c1. The van der Waals surface area contributed by atoms with E-state index in [0.717, 1.165) is 10.4 Å². The van der Waals surface area contributed by atoms with Gasteiger partial charge in [0.1, 0.15) is 38.7 Å². The summed E-state index contributed by atoms with van der Waals surface area (Å²) < 4.78 is 96.9. The van der Waals surface area contributed by atoms with E-state index in [1.807, 2.05) is 0 Å². The summed E-state index contributed by atoms with van der Waals surface area (Å²) in [6, 6.07) is 21.2. The molecule has 5 rings (SSSR count). The summed E-state index contributed by atoms with van der Waals surface area (Å²) >= 11 is 18.2. The Bertz CT molecular complexity index is 2240. The number of nitrogens with one attached hydrogen (secondary N) is 1. The molecule has 5 aromatic rings. The van der Waals surface area contributed by atoms with E-state index in [-0.39, 0.29) is 56.8 Å². The van der Waals surface area contributed by atoms with Crippen molar-refractivity contribution in [3.8, 4) is 23.0 Å². The minimum atomic E-state index is -4.56. The lowest BCUT2D eigenvalue weighted by atomic mass is 10.1. The predicted molar refractivity (Wildman–Crippen MR) is 186 cm³/mol. The van der Waals surface area contributed by atoms with E-state index < -0.39 is 42.3 Å². The molecule has 0 aliphatic heterocycles. The number of phenols is 1. The second-order valence-corrected chi connectivity index (χ2v) is 15.7. The van der Waals surface area contributed by atoms with Crippen molar-refractivity contribution in [2.75, 3.05) is 7.11 Å². The van der Waals surface area contributed by atoms with Crippen molar-refractivity contribution in [3.63, 3.8) is 0 Å². The molecule has 5 aromatic carbocycles. The predicted octanol–water partition coefficient (Wildman–Crippen LogP) is 8.30. The fourth-order valence-electron chi connectivity index (χ4n) is 4.84. The Kier molecular flexibility index (Phi) is 11.6. The first kappa shape index (κ1) is 37.3. The van der Waals surface area contributed by atoms with E-state index in [2.05, 4.69) is 4.72 Å². The Balaban J connectivity index is 1.56. The number of hydrogen-bond acceptors (Lipinski definition) is 7. The van der Waals surface area contributed by atoms with E-state index in [1.165, 1.54) is 92.0 Å². The number of ether oxygens (including phenoxy) is 2. The zero-order valence-corrected chi connectivity index (χ0v) is 29.8. The van der Waals surface area contributed by atoms with Gasteiger partial charge in [0.05, 0.1) is 12.1 Å². The average Bonchev–Trinajstić information content (AvgIpc) is 3.07. The molecule has 0 radical (unpaired) electrons. The molecule has 9 nitrogen and oxygen atoms in total. The lowest BCUT2D eigenvalue weighted by molar-refractivity contribution is 0.393. The first-order valence-corrected chi connectivity index (χ1v) is 18.5. The summed E-state index contributed by atoms with van der Waals surface area (Å²) in [7, 11) is -7.43. The molecule has 0 heterocycles. The summed E-state index contributed by atoms with van der Waals surface area (Å²) in [5, 5.41) is 10.5. The van der Waals surface area contributed by atoms with Crippen molar-refractivity contribution in [1.82, 2.24) is 9.03 Å². The van der Waals surface area contributed by atoms with Crippen LogP contribution in [0.3, 0.4) is 0 Å². The van der Waals surface area contributed by atoms with Gasteiger partial charge in [-0.1, -0.05) is 53.0 Å². The van der Waals surface area contributed by atoms with Crippen molar-refractivity contribution in [2.24, 2.45) is 0 Å². The number of rotatable bonds is 13. The second-order valence-electron chi connectivity index (χ2n) is 10.8. The molecule has 0 spiro atoms. The number of nitrogens with zero attached hydrogens (tertiary/aromatic N) is 1. The molecule has 0 bridgehead atoms.